The molecule has 5 atom stereocenters. The molecule has 126 valence electrons. The van der Waals surface area contributed by atoms with Crippen LogP contribution in [0.25, 0.3) is 0 Å². The molecule has 2 fully saturated rings. The van der Waals surface area contributed by atoms with Gasteiger partial charge >= 0.3 is 5.97 Å². The van der Waals surface area contributed by atoms with Crippen LogP contribution in [0.4, 0.5) is 0 Å². The number of aliphatic carboxylic acids is 1. The minimum Gasteiger partial charge on any atom is -0.479 e. The summed E-state index contributed by atoms with van der Waals surface area (Å²) in [7, 11) is 0. The topological polar surface area (TPSA) is 94.5 Å². The maximum atomic E-state index is 11.6. The first-order chi connectivity index (χ1) is 10.9. The van der Waals surface area contributed by atoms with Gasteiger partial charge in [-0.2, -0.15) is 0 Å². The van der Waals surface area contributed by atoms with E-state index in [2.05, 4.69) is 0 Å². The van der Waals surface area contributed by atoms with Gasteiger partial charge in [-0.1, -0.05) is 30.3 Å². The molecule has 0 saturated carbocycles. The predicted molar refractivity (Wildman–Crippen MR) is 77.4 cm³/mol. The van der Waals surface area contributed by atoms with Crippen molar-refractivity contribution in [2.45, 2.75) is 56.9 Å². The first kappa shape index (κ1) is 16.4. The normalized spacial score (nSPS) is 33.3. The highest BCUT2D eigenvalue weighted by Crippen LogP contribution is 2.39. The number of carboxylic acids is 1. The van der Waals surface area contributed by atoms with Crippen molar-refractivity contribution >= 4 is 5.97 Å². The minimum atomic E-state index is -1.27. The van der Waals surface area contributed by atoms with Gasteiger partial charge in [-0.3, -0.25) is 0 Å². The Bertz CT molecular complexity index is 559. The van der Waals surface area contributed by atoms with Crippen molar-refractivity contribution in [2.24, 2.45) is 0 Å². The lowest BCUT2D eigenvalue weighted by Crippen LogP contribution is -2.44. The molecular weight excluding hydrogens is 304 g/mol. The monoisotopic (exact) mass is 324 g/mol. The van der Waals surface area contributed by atoms with Crippen LogP contribution in [0.3, 0.4) is 0 Å². The maximum Gasteiger partial charge on any atom is 0.335 e. The van der Waals surface area contributed by atoms with Crippen LogP contribution in [0.1, 0.15) is 19.4 Å². The molecule has 1 aromatic rings. The molecule has 0 aromatic heterocycles. The Labute approximate surface area is 133 Å². The fourth-order valence-electron chi connectivity index (χ4n) is 2.92. The molecule has 2 saturated heterocycles. The molecule has 7 nitrogen and oxygen atoms in total. The van der Waals surface area contributed by atoms with E-state index in [4.69, 9.17) is 18.9 Å². The van der Waals surface area contributed by atoms with Gasteiger partial charge in [0, 0.05) is 0 Å². The SMILES string of the molecule is CC1(C)O[C@H]2[C@@H]([C@H](OCc3ccccc3)C(=O)O)OC(O)[C@H]2O1. The number of ether oxygens (including phenoxy) is 4. The summed E-state index contributed by atoms with van der Waals surface area (Å²) in [4.78, 5) is 11.6. The lowest BCUT2D eigenvalue weighted by atomic mass is 10.1. The summed E-state index contributed by atoms with van der Waals surface area (Å²) in [5.41, 5.74) is 0.845. The Kier molecular flexibility index (Phi) is 4.39. The van der Waals surface area contributed by atoms with Gasteiger partial charge in [0.15, 0.2) is 18.2 Å². The van der Waals surface area contributed by atoms with E-state index in [1.807, 2.05) is 30.3 Å². The predicted octanol–water partition coefficient (Wildman–Crippen LogP) is 0.894. The second-order valence-electron chi connectivity index (χ2n) is 6.11. The zero-order chi connectivity index (χ0) is 16.6. The third kappa shape index (κ3) is 3.39. The quantitative estimate of drug-likeness (QED) is 0.830. The summed E-state index contributed by atoms with van der Waals surface area (Å²) in [6.07, 6.45) is -4.88. The molecule has 0 radical (unpaired) electrons. The summed E-state index contributed by atoms with van der Waals surface area (Å²) in [6.45, 7) is 3.53. The Morgan fingerprint density at radius 3 is 2.57 bits per heavy atom. The number of fused-ring (bicyclic) bond motifs is 1. The number of benzene rings is 1. The smallest absolute Gasteiger partial charge is 0.335 e. The van der Waals surface area contributed by atoms with Crippen LogP contribution >= 0.6 is 0 Å². The van der Waals surface area contributed by atoms with E-state index in [0.29, 0.717) is 0 Å². The highest BCUT2D eigenvalue weighted by atomic mass is 16.8. The van der Waals surface area contributed by atoms with Gasteiger partial charge in [0.25, 0.3) is 0 Å². The maximum absolute atomic E-state index is 11.6. The Balaban J connectivity index is 1.72. The van der Waals surface area contributed by atoms with E-state index in [1.54, 1.807) is 13.8 Å². The van der Waals surface area contributed by atoms with Crippen LogP contribution in [0.5, 0.6) is 0 Å². The number of aliphatic hydroxyl groups is 1. The van der Waals surface area contributed by atoms with Crippen LogP contribution in [0.15, 0.2) is 30.3 Å². The third-order valence-corrected chi connectivity index (χ3v) is 3.88. The number of aliphatic hydroxyl groups excluding tert-OH is 1. The van der Waals surface area contributed by atoms with Crippen molar-refractivity contribution in [2.75, 3.05) is 0 Å². The minimum absolute atomic E-state index is 0.120. The molecule has 2 N–H and O–H groups in total. The number of carbonyl (C=O) groups is 1. The van der Waals surface area contributed by atoms with Crippen LogP contribution in [-0.2, 0) is 30.3 Å². The molecule has 1 aromatic carbocycles. The van der Waals surface area contributed by atoms with Crippen molar-refractivity contribution in [3.63, 3.8) is 0 Å². The summed E-state index contributed by atoms with van der Waals surface area (Å²) in [5.74, 6) is -2.08. The van der Waals surface area contributed by atoms with Gasteiger partial charge < -0.3 is 29.2 Å². The van der Waals surface area contributed by atoms with Crippen molar-refractivity contribution in [1.82, 2.24) is 0 Å². The molecule has 2 heterocycles. The molecule has 0 aliphatic carbocycles. The van der Waals surface area contributed by atoms with Gasteiger partial charge in [0.2, 0.25) is 0 Å². The molecule has 3 rings (SSSR count). The number of carboxylic acid groups (broad SMARTS) is 1. The zero-order valence-electron chi connectivity index (χ0n) is 12.9. The Morgan fingerprint density at radius 1 is 1.26 bits per heavy atom. The van der Waals surface area contributed by atoms with Gasteiger partial charge in [-0.25, -0.2) is 4.79 Å². The lowest BCUT2D eigenvalue weighted by molar-refractivity contribution is -0.235. The summed E-state index contributed by atoms with van der Waals surface area (Å²) in [6, 6.07) is 9.23. The summed E-state index contributed by atoms with van der Waals surface area (Å²) in [5, 5.41) is 19.4. The third-order valence-electron chi connectivity index (χ3n) is 3.88. The van der Waals surface area contributed by atoms with E-state index in [1.165, 1.54) is 0 Å². The standard InChI is InChI=1S/C16H20O7/c1-16(2)22-11-10(21-15(19)13(11)23-16)12(14(17)18)20-8-9-6-4-3-5-7-9/h3-7,10-13,15,19H,8H2,1-2H3,(H,17,18)/t10-,11-,12-,13-,15?/m0/s1. The Hall–Kier alpha value is -1.51. The van der Waals surface area contributed by atoms with Gasteiger partial charge in [-0.15, -0.1) is 0 Å². The zero-order valence-corrected chi connectivity index (χ0v) is 12.9. The molecule has 23 heavy (non-hydrogen) atoms. The highest BCUT2D eigenvalue weighted by molar-refractivity contribution is 5.73. The van der Waals surface area contributed by atoms with E-state index in [9.17, 15) is 15.0 Å². The summed E-state index contributed by atoms with van der Waals surface area (Å²) < 4.78 is 22.1. The highest BCUT2D eigenvalue weighted by Gasteiger charge is 2.58. The van der Waals surface area contributed by atoms with Gasteiger partial charge in [0.1, 0.15) is 18.3 Å². The molecule has 1 unspecified atom stereocenters. The van der Waals surface area contributed by atoms with Gasteiger partial charge in [0.05, 0.1) is 6.61 Å². The number of hydrogen-bond acceptors (Lipinski definition) is 6. The molecule has 0 spiro atoms. The molecule has 2 aliphatic rings. The average Bonchev–Trinajstić information content (AvgIpc) is 2.95. The average molecular weight is 324 g/mol. The number of hydrogen-bond donors (Lipinski definition) is 2. The summed E-state index contributed by atoms with van der Waals surface area (Å²) >= 11 is 0. The Morgan fingerprint density at radius 2 is 1.91 bits per heavy atom. The van der Waals surface area contributed by atoms with Crippen molar-refractivity contribution in [1.29, 1.82) is 0 Å². The van der Waals surface area contributed by atoms with Crippen molar-refractivity contribution < 1.29 is 34.0 Å². The van der Waals surface area contributed by atoms with Crippen molar-refractivity contribution in [3.05, 3.63) is 35.9 Å². The van der Waals surface area contributed by atoms with Crippen molar-refractivity contribution in [3.8, 4) is 0 Å². The van der Waals surface area contributed by atoms with E-state index in [-0.39, 0.29) is 6.61 Å². The molecule has 2 aliphatic heterocycles. The first-order valence-electron chi connectivity index (χ1n) is 7.45. The van der Waals surface area contributed by atoms with Crippen LogP contribution < -0.4 is 0 Å². The fourth-order valence-corrected chi connectivity index (χ4v) is 2.92. The first-order valence-corrected chi connectivity index (χ1v) is 7.45. The van der Waals surface area contributed by atoms with E-state index < -0.39 is 42.5 Å². The second-order valence-corrected chi connectivity index (χ2v) is 6.11. The molecular formula is C16H20O7. The molecule has 0 amide bonds. The van der Waals surface area contributed by atoms with Crippen LogP contribution in [-0.4, -0.2) is 52.7 Å². The van der Waals surface area contributed by atoms with Crippen LogP contribution in [0, 0.1) is 0 Å². The lowest BCUT2D eigenvalue weighted by Gasteiger charge is -2.26. The largest absolute Gasteiger partial charge is 0.479 e. The molecule has 0 bridgehead atoms. The van der Waals surface area contributed by atoms with E-state index in [0.717, 1.165) is 5.56 Å². The fraction of sp³-hybridized carbons (Fsp3) is 0.562. The van der Waals surface area contributed by atoms with E-state index >= 15 is 0 Å². The van der Waals surface area contributed by atoms with Gasteiger partial charge in [-0.05, 0) is 19.4 Å². The molecule has 7 heteroatoms. The second kappa shape index (κ2) is 6.18. The van der Waals surface area contributed by atoms with Crippen LogP contribution in [0.2, 0.25) is 0 Å². The number of rotatable bonds is 5.